The molecule has 0 aliphatic carbocycles. The summed E-state index contributed by atoms with van der Waals surface area (Å²) >= 11 is 3.12. The number of sulfonamides is 1. The summed E-state index contributed by atoms with van der Waals surface area (Å²) in [7, 11) is -3.42. The first kappa shape index (κ1) is 11.5. The van der Waals surface area contributed by atoms with Crippen molar-refractivity contribution in [3.8, 4) is 0 Å². The van der Waals surface area contributed by atoms with E-state index in [1.54, 1.807) is 0 Å². The van der Waals surface area contributed by atoms with Gasteiger partial charge in [0, 0.05) is 4.47 Å². The highest BCUT2D eigenvalue weighted by Crippen LogP contribution is 2.20. The maximum Gasteiger partial charge on any atom is 0.232 e. The summed E-state index contributed by atoms with van der Waals surface area (Å²) in [6.07, 6.45) is 0. The van der Waals surface area contributed by atoms with E-state index in [2.05, 4.69) is 20.7 Å². The van der Waals surface area contributed by atoms with Crippen molar-refractivity contribution in [3.63, 3.8) is 0 Å². The van der Waals surface area contributed by atoms with Crippen LogP contribution in [0.25, 0.3) is 0 Å². The second kappa shape index (κ2) is 4.27. The van der Waals surface area contributed by atoms with Crippen LogP contribution in [-0.2, 0) is 10.0 Å². The molecule has 0 aliphatic rings. The van der Waals surface area contributed by atoms with Crippen LogP contribution in [0.15, 0.2) is 22.7 Å². The maximum absolute atomic E-state index is 13.1. The lowest BCUT2D eigenvalue weighted by Crippen LogP contribution is -2.15. The molecule has 0 unspecified atom stereocenters. The van der Waals surface area contributed by atoms with Crippen molar-refractivity contribution < 1.29 is 12.8 Å². The van der Waals surface area contributed by atoms with Gasteiger partial charge in [-0.15, -0.1) is 0 Å². The van der Waals surface area contributed by atoms with Crippen molar-refractivity contribution in [2.75, 3.05) is 10.5 Å². The third-order valence-electron chi connectivity index (χ3n) is 1.57. The predicted molar refractivity (Wildman–Crippen MR) is 57.2 cm³/mol. The number of hydrogen-bond acceptors (Lipinski definition) is 2. The molecule has 0 aliphatic heterocycles. The molecule has 0 heterocycles. The summed E-state index contributed by atoms with van der Waals surface area (Å²) in [6.45, 7) is 1.48. The average molecular weight is 282 g/mol. The van der Waals surface area contributed by atoms with Gasteiger partial charge in [0.2, 0.25) is 10.0 Å². The molecule has 78 valence electrons. The molecule has 0 saturated heterocycles. The van der Waals surface area contributed by atoms with Crippen molar-refractivity contribution in [1.29, 1.82) is 0 Å². The van der Waals surface area contributed by atoms with E-state index in [0.29, 0.717) is 4.47 Å². The standard InChI is InChI=1S/C8H9BrFNO2S/c1-2-14(12,13)11-8-5-6(9)3-4-7(8)10/h3-5,11H,2H2,1H3. The first-order valence-electron chi connectivity index (χ1n) is 3.90. The molecule has 0 spiro atoms. The van der Waals surface area contributed by atoms with Gasteiger partial charge in [0.05, 0.1) is 11.4 Å². The number of rotatable bonds is 3. The van der Waals surface area contributed by atoms with E-state index in [9.17, 15) is 12.8 Å². The van der Waals surface area contributed by atoms with Crippen LogP contribution >= 0.6 is 15.9 Å². The minimum atomic E-state index is -3.42. The lowest BCUT2D eigenvalue weighted by Gasteiger charge is -2.06. The summed E-state index contributed by atoms with van der Waals surface area (Å²) in [5, 5.41) is 0. The van der Waals surface area contributed by atoms with Gasteiger partial charge < -0.3 is 0 Å². The molecule has 0 bridgehead atoms. The lowest BCUT2D eigenvalue weighted by molar-refractivity contribution is 0.599. The Morgan fingerprint density at radius 1 is 1.50 bits per heavy atom. The molecule has 1 aromatic rings. The lowest BCUT2D eigenvalue weighted by atomic mass is 10.3. The highest BCUT2D eigenvalue weighted by molar-refractivity contribution is 9.10. The predicted octanol–water partition coefficient (Wildman–Crippen LogP) is 2.35. The van der Waals surface area contributed by atoms with Crippen LogP contribution in [0.1, 0.15) is 6.92 Å². The molecule has 0 amide bonds. The van der Waals surface area contributed by atoms with Crippen LogP contribution < -0.4 is 4.72 Å². The third-order valence-corrected chi connectivity index (χ3v) is 3.36. The number of benzene rings is 1. The minimum absolute atomic E-state index is 0.0405. The summed E-state index contributed by atoms with van der Waals surface area (Å²) in [5.41, 5.74) is -0.0405. The zero-order valence-corrected chi connectivity index (χ0v) is 9.82. The van der Waals surface area contributed by atoms with E-state index in [-0.39, 0.29) is 11.4 Å². The molecule has 0 atom stereocenters. The van der Waals surface area contributed by atoms with Crippen LogP contribution in [-0.4, -0.2) is 14.2 Å². The van der Waals surface area contributed by atoms with E-state index < -0.39 is 15.8 Å². The van der Waals surface area contributed by atoms with Crippen LogP contribution in [0.5, 0.6) is 0 Å². The maximum atomic E-state index is 13.1. The van der Waals surface area contributed by atoms with Gasteiger partial charge >= 0.3 is 0 Å². The summed E-state index contributed by atoms with van der Waals surface area (Å²) in [6, 6.07) is 4.07. The molecule has 1 rings (SSSR count). The Kier molecular flexibility index (Phi) is 3.49. The Balaban J connectivity index is 3.03. The summed E-state index contributed by atoms with van der Waals surface area (Å²) < 4.78 is 38.1. The van der Waals surface area contributed by atoms with Gasteiger partial charge in [0.1, 0.15) is 5.82 Å². The Morgan fingerprint density at radius 2 is 2.14 bits per heavy atom. The van der Waals surface area contributed by atoms with Crippen LogP contribution in [0.3, 0.4) is 0 Å². The van der Waals surface area contributed by atoms with E-state index in [0.717, 1.165) is 0 Å². The van der Waals surface area contributed by atoms with Gasteiger partial charge in [-0.2, -0.15) is 0 Å². The number of nitrogens with one attached hydrogen (secondary N) is 1. The van der Waals surface area contributed by atoms with E-state index in [1.165, 1.54) is 25.1 Å². The largest absolute Gasteiger partial charge is 0.281 e. The van der Waals surface area contributed by atoms with Gasteiger partial charge in [0.15, 0.2) is 0 Å². The first-order valence-corrected chi connectivity index (χ1v) is 6.34. The van der Waals surface area contributed by atoms with E-state index in [1.807, 2.05) is 0 Å². The van der Waals surface area contributed by atoms with Crippen molar-refractivity contribution >= 4 is 31.6 Å². The smallest absolute Gasteiger partial charge is 0.232 e. The van der Waals surface area contributed by atoms with E-state index >= 15 is 0 Å². The zero-order chi connectivity index (χ0) is 10.8. The average Bonchev–Trinajstić information content (AvgIpc) is 2.11. The molecule has 0 saturated carbocycles. The molecular weight excluding hydrogens is 273 g/mol. The van der Waals surface area contributed by atoms with Crippen molar-refractivity contribution in [1.82, 2.24) is 0 Å². The minimum Gasteiger partial charge on any atom is -0.281 e. The molecule has 3 nitrogen and oxygen atoms in total. The molecule has 0 radical (unpaired) electrons. The van der Waals surface area contributed by atoms with Gasteiger partial charge in [-0.05, 0) is 25.1 Å². The van der Waals surface area contributed by atoms with Crippen molar-refractivity contribution in [2.24, 2.45) is 0 Å². The zero-order valence-electron chi connectivity index (χ0n) is 7.42. The highest BCUT2D eigenvalue weighted by Gasteiger charge is 2.10. The highest BCUT2D eigenvalue weighted by atomic mass is 79.9. The third kappa shape index (κ3) is 2.95. The van der Waals surface area contributed by atoms with Gasteiger partial charge in [-0.1, -0.05) is 15.9 Å². The molecular formula is C8H9BrFNO2S. The van der Waals surface area contributed by atoms with Crippen molar-refractivity contribution in [2.45, 2.75) is 6.92 Å². The Labute approximate surface area is 90.5 Å². The number of halogens is 2. The second-order valence-electron chi connectivity index (χ2n) is 2.63. The number of anilines is 1. The quantitative estimate of drug-likeness (QED) is 0.925. The molecule has 14 heavy (non-hydrogen) atoms. The second-order valence-corrected chi connectivity index (χ2v) is 5.56. The molecule has 1 N–H and O–H groups in total. The fourth-order valence-corrected chi connectivity index (χ4v) is 1.81. The molecule has 1 aromatic carbocycles. The summed E-state index contributed by atoms with van der Waals surface area (Å²) in [5.74, 6) is -0.677. The van der Waals surface area contributed by atoms with Crippen LogP contribution in [0.2, 0.25) is 0 Å². The topological polar surface area (TPSA) is 46.2 Å². The SMILES string of the molecule is CCS(=O)(=O)Nc1cc(Br)ccc1F. The van der Waals surface area contributed by atoms with Gasteiger partial charge in [-0.3, -0.25) is 4.72 Å². The normalized spacial score (nSPS) is 11.4. The summed E-state index contributed by atoms with van der Waals surface area (Å²) in [4.78, 5) is 0. The fourth-order valence-electron chi connectivity index (χ4n) is 0.815. The molecule has 0 aromatic heterocycles. The first-order chi connectivity index (χ1) is 6.44. The Hall–Kier alpha value is -0.620. The monoisotopic (exact) mass is 281 g/mol. The van der Waals surface area contributed by atoms with Gasteiger partial charge in [-0.25, -0.2) is 12.8 Å². The fraction of sp³-hybridized carbons (Fsp3) is 0.250. The van der Waals surface area contributed by atoms with Crippen molar-refractivity contribution in [3.05, 3.63) is 28.5 Å². The Bertz CT molecular complexity index is 433. The van der Waals surface area contributed by atoms with Crippen LogP contribution in [0.4, 0.5) is 10.1 Å². The van der Waals surface area contributed by atoms with E-state index in [4.69, 9.17) is 0 Å². The Morgan fingerprint density at radius 3 is 2.71 bits per heavy atom. The van der Waals surface area contributed by atoms with Crippen LogP contribution in [0, 0.1) is 5.82 Å². The van der Waals surface area contributed by atoms with Gasteiger partial charge in [0.25, 0.3) is 0 Å². The molecule has 6 heteroatoms. The molecule has 0 fully saturated rings. The number of hydrogen-bond donors (Lipinski definition) is 1.